The average molecular weight is 337 g/mol. The fourth-order valence-corrected chi connectivity index (χ4v) is 2.79. The Hall–Kier alpha value is -3.08. The molecule has 1 amide bonds. The molecule has 1 aliphatic rings. The summed E-state index contributed by atoms with van der Waals surface area (Å²) in [5, 5.41) is 9.79. The van der Waals surface area contributed by atoms with Crippen LogP contribution in [0.1, 0.15) is 27.0 Å². The van der Waals surface area contributed by atoms with Crippen molar-refractivity contribution in [3.8, 4) is 5.75 Å². The highest BCUT2D eigenvalue weighted by Gasteiger charge is 2.23. The Labute approximate surface area is 146 Å². The van der Waals surface area contributed by atoms with E-state index in [1.165, 1.54) is 11.0 Å². The number of ketones is 1. The second kappa shape index (κ2) is 6.81. The molecule has 0 radical (unpaired) electrons. The lowest BCUT2D eigenvalue weighted by atomic mass is 10.0. The highest BCUT2D eigenvalue weighted by Crippen LogP contribution is 2.24. The number of hydrogen-bond donors (Lipinski definition) is 1. The van der Waals surface area contributed by atoms with Gasteiger partial charge >= 0.3 is 6.09 Å². The van der Waals surface area contributed by atoms with E-state index in [1.807, 2.05) is 26.0 Å². The minimum atomic E-state index is -0.364. The summed E-state index contributed by atoms with van der Waals surface area (Å²) in [6.45, 7) is 4.55. The first-order chi connectivity index (χ1) is 12.0. The molecule has 0 saturated carbocycles. The van der Waals surface area contributed by atoms with E-state index >= 15 is 0 Å². The molecule has 5 heteroatoms. The van der Waals surface area contributed by atoms with Gasteiger partial charge in [-0.15, -0.1) is 0 Å². The second-order valence-electron chi connectivity index (χ2n) is 6.01. The minimum absolute atomic E-state index is 0.126. The normalized spacial score (nSPS) is 14.2. The molecule has 1 N–H and O–H groups in total. The second-order valence-corrected chi connectivity index (χ2v) is 6.01. The molecule has 128 valence electrons. The summed E-state index contributed by atoms with van der Waals surface area (Å²) in [5.74, 6) is 0.151. The van der Waals surface area contributed by atoms with Crippen LogP contribution in [0.15, 0.2) is 42.5 Å². The zero-order chi connectivity index (χ0) is 18.0. The molecule has 0 atom stereocenters. The number of carbonyl (C=O) groups excluding carboxylic acids is 2. The molecule has 1 saturated heterocycles. The number of allylic oxidation sites excluding steroid dienone is 1. The maximum Gasteiger partial charge on any atom is 0.414 e. The van der Waals surface area contributed by atoms with Crippen molar-refractivity contribution in [1.29, 1.82) is 0 Å². The SMILES string of the molecule is Cc1cc(C=CC(=O)c2ccc(N3CCOC3=O)cc2)cc(C)c1O. The van der Waals surface area contributed by atoms with Gasteiger partial charge in [-0.1, -0.05) is 6.08 Å². The van der Waals surface area contributed by atoms with Crippen LogP contribution >= 0.6 is 0 Å². The minimum Gasteiger partial charge on any atom is -0.507 e. The van der Waals surface area contributed by atoms with Gasteiger partial charge in [0.2, 0.25) is 0 Å². The molecule has 1 heterocycles. The standard InChI is InChI=1S/C20H19NO4/c1-13-11-15(12-14(2)19(13)23)3-8-18(22)16-4-6-17(7-5-16)21-9-10-25-20(21)24/h3-8,11-12,23H,9-10H2,1-2H3. The van der Waals surface area contributed by atoms with Crippen molar-refractivity contribution in [3.05, 3.63) is 64.7 Å². The van der Waals surface area contributed by atoms with Crippen molar-refractivity contribution in [2.75, 3.05) is 18.1 Å². The molecule has 3 rings (SSSR count). The average Bonchev–Trinajstić information content (AvgIpc) is 3.03. The molecule has 0 bridgehead atoms. The van der Waals surface area contributed by atoms with Crippen LogP contribution in [0, 0.1) is 13.8 Å². The van der Waals surface area contributed by atoms with Crippen LogP contribution < -0.4 is 4.90 Å². The highest BCUT2D eigenvalue weighted by atomic mass is 16.6. The van der Waals surface area contributed by atoms with Crippen molar-refractivity contribution in [2.24, 2.45) is 0 Å². The Morgan fingerprint density at radius 2 is 1.80 bits per heavy atom. The predicted molar refractivity (Wildman–Crippen MR) is 96.1 cm³/mol. The van der Waals surface area contributed by atoms with E-state index in [4.69, 9.17) is 4.74 Å². The fourth-order valence-electron chi connectivity index (χ4n) is 2.79. The first kappa shape index (κ1) is 16.8. The number of aromatic hydroxyl groups is 1. The Balaban J connectivity index is 1.74. The van der Waals surface area contributed by atoms with Gasteiger partial charge in [-0.3, -0.25) is 9.69 Å². The Bertz CT molecular complexity index is 829. The van der Waals surface area contributed by atoms with Crippen molar-refractivity contribution in [2.45, 2.75) is 13.8 Å². The van der Waals surface area contributed by atoms with Gasteiger partial charge in [0, 0.05) is 11.3 Å². The van der Waals surface area contributed by atoms with Gasteiger partial charge in [-0.05, 0) is 73.0 Å². The summed E-state index contributed by atoms with van der Waals surface area (Å²) in [6.07, 6.45) is 2.87. The summed E-state index contributed by atoms with van der Waals surface area (Å²) < 4.78 is 4.90. The third kappa shape index (κ3) is 3.55. The van der Waals surface area contributed by atoms with Gasteiger partial charge in [-0.2, -0.15) is 0 Å². The lowest BCUT2D eigenvalue weighted by Gasteiger charge is -2.12. The predicted octanol–water partition coefficient (Wildman–Crippen LogP) is 3.86. The fraction of sp³-hybridized carbons (Fsp3) is 0.200. The van der Waals surface area contributed by atoms with Crippen LogP contribution in [0.25, 0.3) is 6.08 Å². The molecule has 2 aromatic rings. The Morgan fingerprint density at radius 3 is 2.36 bits per heavy atom. The number of phenolic OH excluding ortho intramolecular Hbond substituents is 1. The van der Waals surface area contributed by atoms with E-state index in [9.17, 15) is 14.7 Å². The summed E-state index contributed by atoms with van der Waals surface area (Å²) in [4.78, 5) is 25.4. The van der Waals surface area contributed by atoms with Crippen molar-refractivity contribution < 1.29 is 19.4 Å². The third-order valence-corrected chi connectivity index (χ3v) is 4.16. The molecular formula is C20H19NO4. The number of amides is 1. The molecule has 1 fully saturated rings. The molecule has 25 heavy (non-hydrogen) atoms. The monoisotopic (exact) mass is 337 g/mol. The van der Waals surface area contributed by atoms with E-state index in [0.717, 1.165) is 16.7 Å². The van der Waals surface area contributed by atoms with Crippen LogP contribution in [-0.4, -0.2) is 30.1 Å². The van der Waals surface area contributed by atoms with Crippen molar-refractivity contribution in [3.63, 3.8) is 0 Å². The topological polar surface area (TPSA) is 66.8 Å². The zero-order valence-corrected chi connectivity index (χ0v) is 14.2. The van der Waals surface area contributed by atoms with Crippen molar-refractivity contribution >= 4 is 23.6 Å². The summed E-state index contributed by atoms with van der Waals surface area (Å²) in [5.41, 5.74) is 3.66. The number of nitrogens with zero attached hydrogens (tertiary/aromatic N) is 1. The lowest BCUT2D eigenvalue weighted by molar-refractivity contribution is 0.104. The summed E-state index contributed by atoms with van der Waals surface area (Å²) >= 11 is 0. The van der Waals surface area contributed by atoms with E-state index in [2.05, 4.69) is 0 Å². The van der Waals surface area contributed by atoms with Gasteiger partial charge in [-0.25, -0.2) is 4.79 Å². The smallest absolute Gasteiger partial charge is 0.414 e. The van der Waals surface area contributed by atoms with Crippen LogP contribution in [0.3, 0.4) is 0 Å². The van der Waals surface area contributed by atoms with Crippen LogP contribution in [0.5, 0.6) is 5.75 Å². The van der Waals surface area contributed by atoms with E-state index < -0.39 is 0 Å². The number of benzene rings is 2. The maximum absolute atomic E-state index is 12.3. The Kier molecular flexibility index (Phi) is 4.57. The number of carbonyl (C=O) groups is 2. The molecule has 0 aromatic heterocycles. The summed E-state index contributed by atoms with van der Waals surface area (Å²) in [6, 6.07) is 10.5. The molecule has 1 aliphatic heterocycles. The molecular weight excluding hydrogens is 318 g/mol. The number of hydrogen-bond acceptors (Lipinski definition) is 4. The van der Waals surface area contributed by atoms with Crippen LogP contribution in [0.2, 0.25) is 0 Å². The molecule has 0 spiro atoms. The quantitative estimate of drug-likeness (QED) is 0.679. The molecule has 0 aliphatic carbocycles. The van der Waals surface area contributed by atoms with Gasteiger partial charge in [0.25, 0.3) is 0 Å². The lowest BCUT2D eigenvalue weighted by Crippen LogP contribution is -2.23. The largest absolute Gasteiger partial charge is 0.507 e. The van der Waals surface area contributed by atoms with E-state index in [0.29, 0.717) is 24.4 Å². The number of ether oxygens (including phenoxy) is 1. The molecule has 5 nitrogen and oxygen atoms in total. The number of aryl methyl sites for hydroxylation is 2. The van der Waals surface area contributed by atoms with Gasteiger partial charge < -0.3 is 9.84 Å². The number of cyclic esters (lactones) is 1. The third-order valence-electron chi connectivity index (χ3n) is 4.16. The number of phenols is 1. The van der Waals surface area contributed by atoms with Crippen LogP contribution in [0.4, 0.5) is 10.5 Å². The van der Waals surface area contributed by atoms with Crippen LogP contribution in [-0.2, 0) is 4.74 Å². The zero-order valence-electron chi connectivity index (χ0n) is 14.2. The highest BCUT2D eigenvalue weighted by molar-refractivity contribution is 6.07. The Morgan fingerprint density at radius 1 is 1.16 bits per heavy atom. The molecule has 0 unspecified atom stereocenters. The first-order valence-corrected chi connectivity index (χ1v) is 8.02. The van der Waals surface area contributed by atoms with E-state index in [1.54, 1.807) is 30.3 Å². The first-order valence-electron chi connectivity index (χ1n) is 8.02. The van der Waals surface area contributed by atoms with E-state index in [-0.39, 0.29) is 17.6 Å². The van der Waals surface area contributed by atoms with Gasteiger partial charge in [0.15, 0.2) is 5.78 Å². The van der Waals surface area contributed by atoms with Crippen molar-refractivity contribution in [1.82, 2.24) is 0 Å². The molecule has 2 aromatic carbocycles. The summed E-state index contributed by atoms with van der Waals surface area (Å²) in [7, 11) is 0. The maximum atomic E-state index is 12.3. The number of anilines is 1. The van der Waals surface area contributed by atoms with Gasteiger partial charge in [0.05, 0.1) is 6.54 Å². The number of rotatable bonds is 4. The van der Waals surface area contributed by atoms with Gasteiger partial charge in [0.1, 0.15) is 12.4 Å².